The van der Waals surface area contributed by atoms with E-state index < -0.39 is 0 Å². The molecule has 0 aliphatic rings. The molecular weight excluding hydrogens is 282 g/mol. The van der Waals surface area contributed by atoms with Crippen molar-refractivity contribution in [2.24, 2.45) is 0 Å². The molecule has 0 N–H and O–H groups in total. The van der Waals surface area contributed by atoms with Crippen molar-refractivity contribution in [1.82, 2.24) is 4.98 Å². The topological polar surface area (TPSA) is 39.2 Å². The number of ether oxygens (including phenoxy) is 1. The lowest BCUT2D eigenvalue weighted by Gasteiger charge is -2.07. The van der Waals surface area contributed by atoms with Crippen LogP contribution in [0.4, 0.5) is 0 Å². The second-order valence-electron chi connectivity index (χ2n) is 5.02. The first-order valence-electron chi connectivity index (χ1n) is 6.80. The molecule has 0 aliphatic heterocycles. The van der Waals surface area contributed by atoms with Gasteiger partial charge in [-0.25, -0.2) is 9.78 Å². The van der Waals surface area contributed by atoms with E-state index in [2.05, 4.69) is 11.1 Å². The fourth-order valence-corrected chi connectivity index (χ4v) is 3.00. The third kappa shape index (κ3) is 2.95. The second kappa shape index (κ2) is 5.66. The van der Waals surface area contributed by atoms with Crippen molar-refractivity contribution in [3.8, 4) is 10.6 Å². The smallest absolute Gasteiger partial charge is 0.338 e. The van der Waals surface area contributed by atoms with E-state index in [1.165, 1.54) is 0 Å². The highest BCUT2D eigenvalue weighted by Gasteiger charge is 2.10. The average Bonchev–Trinajstić information content (AvgIpc) is 2.90. The highest BCUT2D eigenvalue weighted by atomic mass is 32.1. The predicted molar refractivity (Wildman–Crippen MR) is 85.6 cm³/mol. The molecule has 1 heterocycles. The minimum atomic E-state index is -0.291. The third-order valence-corrected chi connectivity index (χ3v) is 4.09. The molecule has 0 aliphatic carbocycles. The van der Waals surface area contributed by atoms with E-state index in [0.717, 1.165) is 20.8 Å². The normalized spacial score (nSPS) is 11.0. The maximum atomic E-state index is 11.8. The molecule has 0 saturated heterocycles. The fraction of sp³-hybridized carbons (Fsp3) is 0.176. The number of para-hydroxylation sites is 1. The van der Waals surface area contributed by atoms with Crippen LogP contribution in [-0.4, -0.2) is 17.1 Å². The summed E-state index contributed by atoms with van der Waals surface area (Å²) in [6.07, 6.45) is -0.110. The molecule has 0 spiro atoms. The molecule has 0 bridgehead atoms. The summed E-state index contributed by atoms with van der Waals surface area (Å²) < 4.78 is 6.34. The summed E-state index contributed by atoms with van der Waals surface area (Å²) in [6.45, 7) is 3.68. The number of fused-ring (bicyclic) bond motifs is 1. The van der Waals surface area contributed by atoms with Gasteiger partial charge in [0.25, 0.3) is 0 Å². The summed E-state index contributed by atoms with van der Waals surface area (Å²) in [7, 11) is 0. The van der Waals surface area contributed by atoms with Crippen LogP contribution in [0.3, 0.4) is 0 Å². The van der Waals surface area contributed by atoms with Crippen LogP contribution >= 0.6 is 11.3 Å². The van der Waals surface area contributed by atoms with Gasteiger partial charge in [0.15, 0.2) is 0 Å². The van der Waals surface area contributed by atoms with E-state index in [1.54, 1.807) is 23.5 Å². The minimum Gasteiger partial charge on any atom is -0.459 e. The zero-order valence-electron chi connectivity index (χ0n) is 11.9. The first-order chi connectivity index (χ1) is 10.1. The number of aromatic nitrogens is 1. The van der Waals surface area contributed by atoms with E-state index in [9.17, 15) is 4.79 Å². The Labute approximate surface area is 127 Å². The van der Waals surface area contributed by atoms with Crippen molar-refractivity contribution in [1.29, 1.82) is 0 Å². The molecule has 1 aromatic heterocycles. The lowest BCUT2D eigenvalue weighted by Crippen LogP contribution is -2.11. The molecule has 0 saturated carbocycles. The van der Waals surface area contributed by atoms with Crippen LogP contribution in [0.2, 0.25) is 0 Å². The zero-order valence-corrected chi connectivity index (χ0v) is 12.7. The molecule has 0 atom stereocenters. The number of benzene rings is 2. The number of thiazole rings is 1. The SMILES string of the molecule is CC(C)OC(=O)c1ccc(-c2nc3ccccc3s2)cc1. The summed E-state index contributed by atoms with van der Waals surface area (Å²) in [5.74, 6) is -0.291. The monoisotopic (exact) mass is 297 g/mol. The van der Waals surface area contributed by atoms with Gasteiger partial charge in [-0.3, -0.25) is 0 Å². The van der Waals surface area contributed by atoms with Crippen molar-refractivity contribution in [3.05, 3.63) is 54.1 Å². The Bertz CT molecular complexity index is 742. The van der Waals surface area contributed by atoms with Crippen molar-refractivity contribution in [2.45, 2.75) is 20.0 Å². The molecule has 21 heavy (non-hydrogen) atoms. The number of carbonyl (C=O) groups excluding carboxylic acids is 1. The van der Waals surface area contributed by atoms with Gasteiger partial charge in [0, 0.05) is 5.56 Å². The van der Waals surface area contributed by atoms with Crippen LogP contribution in [0.1, 0.15) is 24.2 Å². The Morgan fingerprint density at radius 3 is 2.48 bits per heavy atom. The van der Waals surface area contributed by atoms with Gasteiger partial charge in [0.2, 0.25) is 0 Å². The third-order valence-electron chi connectivity index (χ3n) is 3.00. The first-order valence-corrected chi connectivity index (χ1v) is 7.62. The lowest BCUT2D eigenvalue weighted by molar-refractivity contribution is 0.0378. The van der Waals surface area contributed by atoms with Crippen molar-refractivity contribution in [3.63, 3.8) is 0 Å². The van der Waals surface area contributed by atoms with Crippen molar-refractivity contribution < 1.29 is 9.53 Å². The van der Waals surface area contributed by atoms with E-state index in [-0.39, 0.29) is 12.1 Å². The molecule has 106 valence electrons. The Morgan fingerprint density at radius 1 is 1.10 bits per heavy atom. The Kier molecular flexibility index (Phi) is 3.71. The number of hydrogen-bond donors (Lipinski definition) is 0. The molecule has 0 radical (unpaired) electrons. The van der Waals surface area contributed by atoms with Gasteiger partial charge < -0.3 is 4.74 Å². The van der Waals surface area contributed by atoms with E-state index in [4.69, 9.17) is 4.74 Å². The van der Waals surface area contributed by atoms with Gasteiger partial charge in [-0.1, -0.05) is 24.3 Å². The molecule has 3 aromatic rings. The van der Waals surface area contributed by atoms with Gasteiger partial charge in [0.1, 0.15) is 5.01 Å². The van der Waals surface area contributed by atoms with Crippen LogP contribution in [0, 0.1) is 0 Å². The zero-order chi connectivity index (χ0) is 14.8. The quantitative estimate of drug-likeness (QED) is 0.667. The lowest BCUT2D eigenvalue weighted by atomic mass is 10.1. The summed E-state index contributed by atoms with van der Waals surface area (Å²) in [5.41, 5.74) is 2.58. The second-order valence-corrected chi connectivity index (χ2v) is 6.05. The van der Waals surface area contributed by atoms with Crippen molar-refractivity contribution >= 4 is 27.5 Å². The molecule has 0 unspecified atom stereocenters. The summed E-state index contributed by atoms with van der Waals surface area (Å²) in [5, 5.41) is 0.958. The molecule has 0 amide bonds. The average molecular weight is 297 g/mol. The van der Waals surface area contributed by atoms with Crippen LogP contribution in [0.25, 0.3) is 20.8 Å². The molecule has 2 aromatic carbocycles. The number of rotatable bonds is 3. The molecular formula is C17H15NO2S. The maximum Gasteiger partial charge on any atom is 0.338 e. The number of nitrogens with zero attached hydrogens (tertiary/aromatic N) is 1. The Balaban J connectivity index is 1.88. The first kappa shape index (κ1) is 13.8. The Morgan fingerprint density at radius 2 is 1.81 bits per heavy atom. The van der Waals surface area contributed by atoms with Gasteiger partial charge in [-0.2, -0.15) is 0 Å². The van der Waals surface area contributed by atoms with Gasteiger partial charge >= 0.3 is 5.97 Å². The van der Waals surface area contributed by atoms with Crippen LogP contribution < -0.4 is 0 Å². The fourth-order valence-electron chi connectivity index (χ4n) is 2.03. The van der Waals surface area contributed by atoms with Gasteiger partial charge in [0.05, 0.1) is 21.9 Å². The largest absolute Gasteiger partial charge is 0.459 e. The Hall–Kier alpha value is -2.20. The molecule has 4 heteroatoms. The predicted octanol–water partition coefficient (Wildman–Crippen LogP) is 4.53. The van der Waals surface area contributed by atoms with Crippen LogP contribution in [-0.2, 0) is 4.74 Å². The molecule has 3 rings (SSSR count). The highest BCUT2D eigenvalue weighted by Crippen LogP contribution is 2.30. The van der Waals surface area contributed by atoms with Crippen LogP contribution in [0.5, 0.6) is 0 Å². The van der Waals surface area contributed by atoms with E-state index >= 15 is 0 Å². The summed E-state index contributed by atoms with van der Waals surface area (Å²) in [4.78, 5) is 16.4. The van der Waals surface area contributed by atoms with Gasteiger partial charge in [-0.15, -0.1) is 11.3 Å². The molecule has 3 nitrogen and oxygen atoms in total. The maximum absolute atomic E-state index is 11.8. The minimum absolute atomic E-state index is 0.110. The highest BCUT2D eigenvalue weighted by molar-refractivity contribution is 7.21. The van der Waals surface area contributed by atoms with E-state index in [1.807, 2.05) is 44.2 Å². The van der Waals surface area contributed by atoms with Crippen LogP contribution in [0.15, 0.2) is 48.5 Å². The molecule has 0 fully saturated rings. The summed E-state index contributed by atoms with van der Waals surface area (Å²) >= 11 is 1.65. The standard InChI is InChI=1S/C17H15NO2S/c1-11(2)20-17(19)13-9-7-12(8-10-13)16-18-14-5-3-4-6-15(14)21-16/h3-11H,1-2H3. The number of esters is 1. The number of carbonyl (C=O) groups is 1. The van der Waals surface area contributed by atoms with E-state index in [0.29, 0.717) is 5.56 Å². The van der Waals surface area contributed by atoms with Crippen molar-refractivity contribution in [2.75, 3.05) is 0 Å². The van der Waals surface area contributed by atoms with Gasteiger partial charge in [-0.05, 0) is 38.1 Å². The number of hydrogen-bond acceptors (Lipinski definition) is 4. The summed E-state index contributed by atoms with van der Waals surface area (Å²) in [6, 6.07) is 15.4.